The second-order valence-electron chi connectivity index (χ2n) is 6.07. The third-order valence-electron chi connectivity index (χ3n) is 4.26. The highest BCUT2D eigenvalue weighted by Crippen LogP contribution is 2.20. The highest BCUT2D eigenvalue weighted by atomic mass is 32.1. The molecule has 3 rings (SSSR count). The summed E-state index contributed by atoms with van der Waals surface area (Å²) < 4.78 is 0. The van der Waals surface area contributed by atoms with Gasteiger partial charge in [-0.05, 0) is 38.3 Å². The molecule has 2 heterocycles. The molecule has 0 saturated carbocycles. The van der Waals surface area contributed by atoms with Gasteiger partial charge in [-0.1, -0.05) is 18.2 Å². The largest absolute Gasteiger partial charge is 0.340 e. The van der Waals surface area contributed by atoms with E-state index in [-0.39, 0.29) is 11.8 Å². The molecule has 2 amide bonds. The number of likely N-dealkylation sites (tertiary alicyclic amines) is 1. The number of hydrogen-bond donors (Lipinski definition) is 1. The van der Waals surface area contributed by atoms with Crippen molar-refractivity contribution >= 4 is 28.3 Å². The topological polar surface area (TPSA) is 62.3 Å². The minimum Gasteiger partial charge on any atom is -0.340 e. The first kappa shape index (κ1) is 16.6. The van der Waals surface area contributed by atoms with Gasteiger partial charge in [0.05, 0.1) is 12.1 Å². The average molecular weight is 343 g/mol. The average Bonchev–Trinajstić information content (AvgIpc) is 3.02. The predicted octanol–water partition coefficient (Wildman–Crippen LogP) is 3.34. The van der Waals surface area contributed by atoms with Gasteiger partial charge in [0.25, 0.3) is 5.91 Å². The lowest BCUT2D eigenvalue weighted by Gasteiger charge is -2.33. The van der Waals surface area contributed by atoms with Crippen molar-refractivity contribution in [3.63, 3.8) is 0 Å². The fraction of sp³-hybridized carbons (Fsp3) is 0.389. The van der Waals surface area contributed by atoms with Crippen LogP contribution in [0.2, 0.25) is 0 Å². The number of rotatable bonds is 4. The van der Waals surface area contributed by atoms with Gasteiger partial charge in [0.15, 0.2) is 5.13 Å². The number of amides is 2. The second-order valence-corrected chi connectivity index (χ2v) is 6.93. The lowest BCUT2D eigenvalue weighted by Crippen LogP contribution is -2.42. The fourth-order valence-corrected chi connectivity index (χ4v) is 3.63. The second kappa shape index (κ2) is 7.57. The molecule has 1 unspecified atom stereocenters. The molecular formula is C18H21N3O2S. The molecule has 5 nitrogen and oxygen atoms in total. The normalized spacial score (nSPS) is 17.5. The van der Waals surface area contributed by atoms with Crippen molar-refractivity contribution in [3.05, 3.63) is 47.0 Å². The fourth-order valence-electron chi connectivity index (χ4n) is 2.93. The zero-order valence-electron chi connectivity index (χ0n) is 13.7. The third kappa shape index (κ3) is 4.00. The Morgan fingerprint density at radius 3 is 2.83 bits per heavy atom. The lowest BCUT2D eigenvalue weighted by molar-refractivity contribution is -0.133. The Morgan fingerprint density at radius 1 is 1.29 bits per heavy atom. The molecule has 1 aliphatic rings. The first-order valence-electron chi connectivity index (χ1n) is 8.24. The van der Waals surface area contributed by atoms with E-state index in [4.69, 9.17) is 0 Å². The summed E-state index contributed by atoms with van der Waals surface area (Å²) in [5.74, 6) is -0.0686. The smallest absolute Gasteiger partial charge is 0.257 e. The highest BCUT2D eigenvalue weighted by Gasteiger charge is 2.23. The maximum absolute atomic E-state index is 12.4. The maximum atomic E-state index is 12.4. The standard InChI is InChI=1S/C18H21N3O2S/c1-13-7-5-6-10-21(13)16(22)11-15-12-24-18(19-15)20-17(23)14-8-3-2-4-9-14/h2-4,8-9,12-13H,5-7,10-11H2,1H3,(H,19,20,23). The van der Waals surface area contributed by atoms with Crippen molar-refractivity contribution in [2.45, 2.75) is 38.6 Å². The van der Waals surface area contributed by atoms with Crippen LogP contribution >= 0.6 is 11.3 Å². The number of nitrogens with one attached hydrogen (secondary N) is 1. The van der Waals surface area contributed by atoms with Crippen molar-refractivity contribution in [2.24, 2.45) is 0 Å². The Labute approximate surface area is 145 Å². The summed E-state index contributed by atoms with van der Waals surface area (Å²) in [4.78, 5) is 30.9. The quantitative estimate of drug-likeness (QED) is 0.926. The van der Waals surface area contributed by atoms with Crippen molar-refractivity contribution in [1.29, 1.82) is 0 Å². The first-order valence-corrected chi connectivity index (χ1v) is 9.12. The van der Waals surface area contributed by atoms with Crippen LogP contribution in [0.25, 0.3) is 0 Å². The van der Waals surface area contributed by atoms with Crippen molar-refractivity contribution < 1.29 is 9.59 Å². The molecule has 1 aromatic carbocycles. The molecule has 1 saturated heterocycles. The summed E-state index contributed by atoms with van der Waals surface area (Å²) in [6, 6.07) is 9.32. The number of anilines is 1. The van der Waals surface area contributed by atoms with Crippen LogP contribution in [-0.4, -0.2) is 34.3 Å². The van der Waals surface area contributed by atoms with Gasteiger partial charge in [-0.15, -0.1) is 11.3 Å². The van der Waals surface area contributed by atoms with Crippen LogP contribution in [-0.2, 0) is 11.2 Å². The third-order valence-corrected chi connectivity index (χ3v) is 5.07. The van der Waals surface area contributed by atoms with Crippen molar-refractivity contribution in [1.82, 2.24) is 9.88 Å². The van der Waals surface area contributed by atoms with E-state index < -0.39 is 0 Å². The molecule has 126 valence electrons. The van der Waals surface area contributed by atoms with Crippen LogP contribution in [0.3, 0.4) is 0 Å². The van der Waals surface area contributed by atoms with Gasteiger partial charge >= 0.3 is 0 Å². The van der Waals surface area contributed by atoms with E-state index in [1.54, 1.807) is 12.1 Å². The molecule has 6 heteroatoms. The minimum atomic E-state index is -0.188. The Hall–Kier alpha value is -2.21. The molecule has 24 heavy (non-hydrogen) atoms. The van der Waals surface area contributed by atoms with Crippen LogP contribution in [0.5, 0.6) is 0 Å². The van der Waals surface area contributed by atoms with Gasteiger partial charge in [-0.3, -0.25) is 14.9 Å². The van der Waals surface area contributed by atoms with Crippen LogP contribution in [0.1, 0.15) is 42.2 Å². The van der Waals surface area contributed by atoms with E-state index in [0.29, 0.717) is 28.9 Å². The predicted molar refractivity (Wildman–Crippen MR) is 95.2 cm³/mol. The Kier molecular flexibility index (Phi) is 5.25. The van der Waals surface area contributed by atoms with Gasteiger partial charge in [0, 0.05) is 23.5 Å². The van der Waals surface area contributed by atoms with Gasteiger partial charge in [-0.25, -0.2) is 4.98 Å². The van der Waals surface area contributed by atoms with E-state index in [1.807, 2.05) is 28.5 Å². The van der Waals surface area contributed by atoms with E-state index in [9.17, 15) is 9.59 Å². The summed E-state index contributed by atoms with van der Waals surface area (Å²) >= 11 is 1.35. The van der Waals surface area contributed by atoms with Crippen LogP contribution < -0.4 is 5.32 Å². The van der Waals surface area contributed by atoms with Gasteiger partial charge in [-0.2, -0.15) is 0 Å². The molecule has 0 bridgehead atoms. The zero-order chi connectivity index (χ0) is 16.9. The maximum Gasteiger partial charge on any atom is 0.257 e. The summed E-state index contributed by atoms with van der Waals surface area (Å²) in [5, 5.41) is 5.15. The molecule has 0 spiro atoms. The van der Waals surface area contributed by atoms with Crippen LogP contribution in [0.4, 0.5) is 5.13 Å². The molecule has 1 aliphatic heterocycles. The number of nitrogens with zero attached hydrogens (tertiary/aromatic N) is 2. The lowest BCUT2D eigenvalue weighted by atomic mass is 10.0. The summed E-state index contributed by atoms with van der Waals surface area (Å²) in [5.41, 5.74) is 1.30. The Balaban J connectivity index is 1.59. The van der Waals surface area contributed by atoms with Crippen LogP contribution in [0.15, 0.2) is 35.7 Å². The van der Waals surface area contributed by atoms with Crippen molar-refractivity contribution in [2.75, 3.05) is 11.9 Å². The molecule has 1 N–H and O–H groups in total. The zero-order valence-corrected chi connectivity index (χ0v) is 14.5. The number of thiazole rings is 1. The molecule has 1 aromatic heterocycles. The molecule has 0 radical (unpaired) electrons. The molecule has 1 atom stereocenters. The highest BCUT2D eigenvalue weighted by molar-refractivity contribution is 7.14. The number of hydrogen-bond acceptors (Lipinski definition) is 4. The summed E-state index contributed by atoms with van der Waals surface area (Å²) in [6.45, 7) is 2.94. The number of carbonyl (C=O) groups is 2. The summed E-state index contributed by atoms with van der Waals surface area (Å²) in [7, 11) is 0. The first-order chi connectivity index (χ1) is 11.6. The van der Waals surface area contributed by atoms with Crippen molar-refractivity contribution in [3.8, 4) is 0 Å². The van der Waals surface area contributed by atoms with Gasteiger partial charge < -0.3 is 4.90 Å². The monoisotopic (exact) mass is 343 g/mol. The molecule has 1 fully saturated rings. The number of aromatic nitrogens is 1. The van der Waals surface area contributed by atoms with Gasteiger partial charge in [0.2, 0.25) is 5.91 Å². The van der Waals surface area contributed by atoms with Gasteiger partial charge in [0.1, 0.15) is 0 Å². The van der Waals surface area contributed by atoms with E-state index in [0.717, 1.165) is 19.4 Å². The Morgan fingerprint density at radius 2 is 2.08 bits per heavy atom. The van der Waals surface area contributed by atoms with E-state index >= 15 is 0 Å². The molecule has 2 aromatic rings. The number of piperidine rings is 1. The SMILES string of the molecule is CC1CCCCN1C(=O)Cc1csc(NC(=O)c2ccccc2)n1. The Bertz CT molecular complexity index is 714. The molecular weight excluding hydrogens is 322 g/mol. The molecule has 0 aliphatic carbocycles. The van der Waals surface area contributed by atoms with E-state index in [1.165, 1.54) is 17.8 Å². The van der Waals surface area contributed by atoms with E-state index in [2.05, 4.69) is 17.2 Å². The van der Waals surface area contributed by atoms with Crippen LogP contribution in [0, 0.1) is 0 Å². The minimum absolute atomic E-state index is 0.119. The number of benzene rings is 1. The number of carbonyl (C=O) groups excluding carboxylic acids is 2. The summed E-state index contributed by atoms with van der Waals surface area (Å²) in [6.07, 6.45) is 3.63.